The zero-order valence-corrected chi connectivity index (χ0v) is 11.5. The van der Waals surface area contributed by atoms with Crippen LogP contribution in [0.5, 0.6) is 0 Å². The molecule has 1 aromatic carbocycles. The molecular weight excluding hydrogens is 228 g/mol. The second-order valence-electron chi connectivity index (χ2n) is 4.97. The van der Waals surface area contributed by atoms with Crippen molar-refractivity contribution >= 4 is 17.3 Å². The highest BCUT2D eigenvalue weighted by Crippen LogP contribution is 2.22. The molecule has 4 heteroatoms. The Morgan fingerprint density at radius 2 is 2.06 bits per heavy atom. The van der Waals surface area contributed by atoms with E-state index in [0.717, 1.165) is 12.1 Å². The van der Waals surface area contributed by atoms with E-state index in [1.165, 1.54) is 7.11 Å². The molecule has 3 N–H and O–H groups in total. The van der Waals surface area contributed by atoms with E-state index in [4.69, 9.17) is 10.5 Å². The third kappa shape index (κ3) is 3.95. The van der Waals surface area contributed by atoms with Crippen molar-refractivity contribution in [2.24, 2.45) is 5.92 Å². The van der Waals surface area contributed by atoms with Crippen LogP contribution in [-0.2, 0) is 4.74 Å². The van der Waals surface area contributed by atoms with E-state index >= 15 is 0 Å². The molecule has 0 amide bonds. The first-order valence-corrected chi connectivity index (χ1v) is 6.18. The molecule has 0 bridgehead atoms. The van der Waals surface area contributed by atoms with E-state index < -0.39 is 0 Å². The molecule has 0 saturated heterocycles. The van der Waals surface area contributed by atoms with E-state index in [1.54, 1.807) is 18.2 Å². The predicted molar refractivity (Wildman–Crippen MR) is 74.7 cm³/mol. The number of carbonyl (C=O) groups is 1. The Bertz CT molecular complexity index is 416. The molecule has 1 atom stereocenters. The number of carbonyl (C=O) groups excluding carboxylic acids is 1. The molecule has 0 aliphatic rings. The van der Waals surface area contributed by atoms with Gasteiger partial charge in [0.1, 0.15) is 0 Å². The first-order valence-electron chi connectivity index (χ1n) is 6.18. The number of rotatable bonds is 5. The van der Waals surface area contributed by atoms with Crippen molar-refractivity contribution in [3.63, 3.8) is 0 Å². The van der Waals surface area contributed by atoms with Gasteiger partial charge in [0.2, 0.25) is 0 Å². The summed E-state index contributed by atoms with van der Waals surface area (Å²) in [5.74, 6) is 0.257. The molecular formula is C14H22N2O2. The fraction of sp³-hybridized carbons (Fsp3) is 0.500. The van der Waals surface area contributed by atoms with E-state index in [2.05, 4.69) is 26.1 Å². The lowest BCUT2D eigenvalue weighted by atomic mass is 10.0. The highest BCUT2D eigenvalue weighted by Gasteiger charge is 2.11. The highest BCUT2D eigenvalue weighted by atomic mass is 16.5. The average Bonchev–Trinajstić information content (AvgIpc) is 2.30. The number of esters is 1. The number of nitrogens with two attached hydrogens (primary N) is 1. The molecule has 100 valence electrons. The molecule has 1 rings (SSSR count). The van der Waals surface area contributed by atoms with Crippen LogP contribution in [-0.4, -0.2) is 19.1 Å². The van der Waals surface area contributed by atoms with Crippen LogP contribution in [0.3, 0.4) is 0 Å². The minimum absolute atomic E-state index is 0.306. The summed E-state index contributed by atoms with van der Waals surface area (Å²) in [6.07, 6.45) is 1.04. The number of anilines is 2. The van der Waals surface area contributed by atoms with Gasteiger partial charge in [-0.1, -0.05) is 13.8 Å². The lowest BCUT2D eigenvalue weighted by Gasteiger charge is -2.19. The van der Waals surface area contributed by atoms with Gasteiger partial charge in [-0.05, 0) is 37.5 Å². The number of benzene rings is 1. The summed E-state index contributed by atoms with van der Waals surface area (Å²) in [4.78, 5) is 11.4. The van der Waals surface area contributed by atoms with Gasteiger partial charge in [0.05, 0.1) is 24.0 Å². The Hall–Kier alpha value is -1.71. The zero-order valence-electron chi connectivity index (χ0n) is 11.5. The van der Waals surface area contributed by atoms with Gasteiger partial charge in [-0.3, -0.25) is 0 Å². The van der Waals surface area contributed by atoms with Gasteiger partial charge >= 0.3 is 5.97 Å². The molecule has 0 fully saturated rings. The Kier molecular flexibility index (Phi) is 5.01. The summed E-state index contributed by atoms with van der Waals surface area (Å²) in [5.41, 5.74) is 7.82. The fourth-order valence-electron chi connectivity index (χ4n) is 1.96. The summed E-state index contributed by atoms with van der Waals surface area (Å²) in [6.45, 7) is 6.45. The molecule has 0 radical (unpaired) electrons. The van der Waals surface area contributed by atoms with Crippen molar-refractivity contribution in [1.29, 1.82) is 0 Å². The van der Waals surface area contributed by atoms with E-state index in [0.29, 0.717) is 23.2 Å². The van der Waals surface area contributed by atoms with E-state index in [-0.39, 0.29) is 5.97 Å². The summed E-state index contributed by atoms with van der Waals surface area (Å²) < 4.78 is 4.69. The monoisotopic (exact) mass is 250 g/mol. The van der Waals surface area contributed by atoms with Crippen LogP contribution in [0, 0.1) is 5.92 Å². The van der Waals surface area contributed by atoms with Crippen molar-refractivity contribution in [3.05, 3.63) is 23.8 Å². The average molecular weight is 250 g/mol. The van der Waals surface area contributed by atoms with Crippen molar-refractivity contribution in [2.45, 2.75) is 33.2 Å². The predicted octanol–water partition coefficient (Wildman–Crippen LogP) is 2.90. The number of nitrogen functional groups attached to an aromatic ring is 1. The topological polar surface area (TPSA) is 64.3 Å². The van der Waals surface area contributed by atoms with Gasteiger partial charge in [-0.2, -0.15) is 0 Å². The Labute approximate surface area is 109 Å². The molecule has 0 heterocycles. The quantitative estimate of drug-likeness (QED) is 0.623. The second kappa shape index (κ2) is 6.28. The summed E-state index contributed by atoms with van der Waals surface area (Å²) in [6, 6.07) is 5.42. The number of nitrogens with one attached hydrogen (secondary N) is 1. The van der Waals surface area contributed by atoms with Crippen LogP contribution in [0.25, 0.3) is 0 Å². The smallest absolute Gasteiger partial charge is 0.337 e. The van der Waals surface area contributed by atoms with Gasteiger partial charge in [0.15, 0.2) is 0 Å². The minimum atomic E-state index is -0.352. The molecule has 0 aromatic heterocycles. The lowest BCUT2D eigenvalue weighted by Crippen LogP contribution is -2.18. The lowest BCUT2D eigenvalue weighted by molar-refractivity contribution is 0.0601. The van der Waals surface area contributed by atoms with Gasteiger partial charge < -0.3 is 15.8 Å². The molecule has 0 aliphatic carbocycles. The van der Waals surface area contributed by atoms with Crippen molar-refractivity contribution in [1.82, 2.24) is 0 Å². The van der Waals surface area contributed by atoms with Crippen molar-refractivity contribution in [2.75, 3.05) is 18.2 Å². The van der Waals surface area contributed by atoms with Crippen LogP contribution in [0.15, 0.2) is 18.2 Å². The maximum absolute atomic E-state index is 11.4. The van der Waals surface area contributed by atoms with Crippen LogP contribution in [0.2, 0.25) is 0 Å². The number of hydrogen-bond acceptors (Lipinski definition) is 4. The Morgan fingerprint density at radius 3 is 2.61 bits per heavy atom. The maximum Gasteiger partial charge on any atom is 0.337 e. The van der Waals surface area contributed by atoms with E-state index in [1.807, 2.05) is 0 Å². The molecule has 0 saturated carbocycles. The molecule has 1 aromatic rings. The third-order valence-corrected chi connectivity index (χ3v) is 2.70. The summed E-state index contributed by atoms with van der Waals surface area (Å²) in [7, 11) is 1.37. The van der Waals surface area contributed by atoms with Crippen LogP contribution in [0.1, 0.15) is 37.6 Å². The number of hydrogen-bond donors (Lipinski definition) is 2. The molecule has 4 nitrogen and oxygen atoms in total. The largest absolute Gasteiger partial charge is 0.465 e. The number of ether oxygens (including phenoxy) is 1. The molecule has 0 spiro atoms. The van der Waals surface area contributed by atoms with Crippen LogP contribution < -0.4 is 11.1 Å². The molecule has 18 heavy (non-hydrogen) atoms. The van der Waals surface area contributed by atoms with Crippen molar-refractivity contribution < 1.29 is 9.53 Å². The minimum Gasteiger partial charge on any atom is -0.465 e. The normalized spacial score (nSPS) is 12.3. The SMILES string of the molecule is COC(=O)c1ccc(N)c(NC(C)CC(C)C)c1. The summed E-state index contributed by atoms with van der Waals surface area (Å²) >= 11 is 0. The maximum atomic E-state index is 11.4. The summed E-state index contributed by atoms with van der Waals surface area (Å²) in [5, 5.41) is 3.33. The standard InChI is InChI=1S/C14H22N2O2/c1-9(2)7-10(3)16-13-8-11(14(17)18-4)5-6-12(13)15/h5-6,8-10,16H,7,15H2,1-4H3. The first kappa shape index (κ1) is 14.4. The third-order valence-electron chi connectivity index (χ3n) is 2.70. The van der Waals surface area contributed by atoms with Gasteiger partial charge in [-0.25, -0.2) is 4.79 Å². The van der Waals surface area contributed by atoms with Crippen LogP contribution in [0.4, 0.5) is 11.4 Å². The van der Waals surface area contributed by atoms with E-state index in [9.17, 15) is 4.79 Å². The van der Waals surface area contributed by atoms with Gasteiger partial charge in [0, 0.05) is 6.04 Å². The molecule has 1 unspecified atom stereocenters. The number of methoxy groups -OCH3 is 1. The van der Waals surface area contributed by atoms with Crippen LogP contribution >= 0.6 is 0 Å². The Morgan fingerprint density at radius 1 is 1.39 bits per heavy atom. The van der Waals surface area contributed by atoms with Crippen molar-refractivity contribution in [3.8, 4) is 0 Å². The highest BCUT2D eigenvalue weighted by molar-refractivity contribution is 5.91. The Balaban J connectivity index is 2.84. The zero-order chi connectivity index (χ0) is 13.7. The van der Waals surface area contributed by atoms with Gasteiger partial charge in [0.25, 0.3) is 0 Å². The molecule has 0 aliphatic heterocycles. The fourth-order valence-corrected chi connectivity index (χ4v) is 1.96. The first-order chi connectivity index (χ1) is 8.43. The second-order valence-corrected chi connectivity index (χ2v) is 4.97. The van der Waals surface area contributed by atoms with Gasteiger partial charge in [-0.15, -0.1) is 0 Å².